The lowest BCUT2D eigenvalue weighted by atomic mass is 10.1. The fourth-order valence-corrected chi connectivity index (χ4v) is 3.00. The average Bonchev–Trinajstić information content (AvgIpc) is 2.86. The molecule has 0 spiro atoms. The van der Waals surface area contributed by atoms with Crippen LogP contribution in [0.4, 0.5) is 0 Å². The van der Waals surface area contributed by atoms with Crippen molar-refractivity contribution < 1.29 is 9.59 Å². The Bertz CT molecular complexity index is 312. The van der Waals surface area contributed by atoms with Gasteiger partial charge in [0.15, 0.2) is 5.84 Å². The van der Waals surface area contributed by atoms with Gasteiger partial charge in [-0.3, -0.25) is 4.48 Å². The number of nitrogens with zero attached hydrogens (tertiary/aromatic N) is 2. The lowest BCUT2D eigenvalue weighted by molar-refractivity contribution is -0.835. The van der Waals surface area contributed by atoms with E-state index < -0.39 is 0 Å². The molecule has 1 aliphatic rings. The number of rotatable bonds is 11. The van der Waals surface area contributed by atoms with Gasteiger partial charge in [0.25, 0.3) is 0 Å². The zero-order valence-electron chi connectivity index (χ0n) is 13.5. The topological polar surface area (TPSA) is 32.6 Å². The minimum Gasteiger partial charge on any atom is -0.390 e. The van der Waals surface area contributed by atoms with Crippen molar-refractivity contribution in [3.63, 3.8) is 0 Å². The maximum absolute atomic E-state index is 9.27. The summed E-state index contributed by atoms with van der Waals surface area (Å²) in [5.74, 6) is 1.33. The Morgan fingerprint density at radius 3 is 2.55 bits per heavy atom. The van der Waals surface area contributed by atoms with Gasteiger partial charge in [0.05, 0.1) is 19.7 Å². The van der Waals surface area contributed by atoms with Gasteiger partial charge < -0.3 is 5.11 Å². The van der Waals surface area contributed by atoms with Crippen LogP contribution in [-0.2, 0) is 0 Å². The van der Waals surface area contributed by atoms with E-state index in [0.717, 1.165) is 37.1 Å². The number of unbranched alkanes of at least 4 members (excludes halogenated alkanes) is 4. The summed E-state index contributed by atoms with van der Waals surface area (Å²) in [4.78, 5) is 4.70. The number of likely N-dealkylation sites (N-methyl/N-ethyl adjacent to an activating group) is 1. The molecule has 1 aliphatic heterocycles. The molecule has 3 nitrogen and oxygen atoms in total. The van der Waals surface area contributed by atoms with Gasteiger partial charge in [0.1, 0.15) is 13.1 Å². The molecule has 1 rings (SSSR count). The highest BCUT2D eigenvalue weighted by atomic mass is 16.3. The molecule has 1 heterocycles. The molecular formula is C17H33N2O+. The van der Waals surface area contributed by atoms with E-state index in [0.29, 0.717) is 0 Å². The zero-order valence-corrected chi connectivity index (χ0v) is 13.5. The molecule has 1 atom stereocenters. The third kappa shape index (κ3) is 5.37. The number of hydrogen-bond acceptors (Lipinski definition) is 2. The zero-order chi connectivity index (χ0) is 14.7. The van der Waals surface area contributed by atoms with Gasteiger partial charge in [-0.15, -0.1) is 0 Å². The molecule has 116 valence electrons. The molecule has 0 fully saturated rings. The second-order valence-electron chi connectivity index (χ2n) is 5.79. The largest absolute Gasteiger partial charge is 0.390 e. The van der Waals surface area contributed by atoms with Crippen molar-refractivity contribution in [2.24, 2.45) is 4.99 Å². The highest BCUT2D eigenvalue weighted by Crippen LogP contribution is 2.19. The summed E-state index contributed by atoms with van der Waals surface area (Å²) in [5.41, 5.74) is 0. The van der Waals surface area contributed by atoms with E-state index in [4.69, 9.17) is 4.99 Å². The van der Waals surface area contributed by atoms with Crippen LogP contribution in [0.3, 0.4) is 0 Å². The molecule has 0 saturated carbocycles. The van der Waals surface area contributed by atoms with Gasteiger partial charge in [0, 0.05) is 6.42 Å². The van der Waals surface area contributed by atoms with Crippen molar-refractivity contribution in [1.29, 1.82) is 0 Å². The molecule has 20 heavy (non-hydrogen) atoms. The van der Waals surface area contributed by atoms with Gasteiger partial charge >= 0.3 is 0 Å². The molecule has 0 aromatic rings. The minimum atomic E-state index is 0.271. The minimum absolute atomic E-state index is 0.271. The molecule has 0 amide bonds. The number of aliphatic hydroxyl groups is 1. The Kier molecular flexibility index (Phi) is 8.79. The number of quaternary nitrogens is 1. The molecule has 0 radical (unpaired) electrons. The van der Waals surface area contributed by atoms with Crippen LogP contribution in [0.5, 0.6) is 0 Å². The summed E-state index contributed by atoms with van der Waals surface area (Å²) in [5, 5.41) is 9.27. The van der Waals surface area contributed by atoms with Crippen LogP contribution in [-0.4, -0.2) is 48.2 Å². The van der Waals surface area contributed by atoms with Crippen LogP contribution in [0.25, 0.3) is 0 Å². The van der Waals surface area contributed by atoms with Crippen molar-refractivity contribution in [3.8, 4) is 0 Å². The molecule has 0 aromatic carbocycles. The van der Waals surface area contributed by atoms with Crippen LogP contribution in [0.15, 0.2) is 17.1 Å². The highest BCUT2D eigenvalue weighted by Gasteiger charge is 2.35. The molecule has 1 N–H and O–H groups in total. The quantitative estimate of drug-likeness (QED) is 0.351. The molecular weight excluding hydrogens is 248 g/mol. The fourth-order valence-electron chi connectivity index (χ4n) is 3.00. The molecule has 0 bridgehead atoms. The molecule has 3 heteroatoms. The monoisotopic (exact) mass is 281 g/mol. The SMILES string of the molecule is CCCC/C=C/CCCCC1=NCC[N+]1(CC)CCO. The highest BCUT2D eigenvalue weighted by molar-refractivity contribution is 5.76. The first-order chi connectivity index (χ1) is 9.79. The van der Waals surface area contributed by atoms with E-state index in [1.165, 1.54) is 44.4 Å². The van der Waals surface area contributed by atoms with Crippen molar-refractivity contribution >= 4 is 5.84 Å². The van der Waals surface area contributed by atoms with E-state index in [-0.39, 0.29) is 6.61 Å². The summed E-state index contributed by atoms with van der Waals surface area (Å²) in [6.45, 7) is 8.66. The Morgan fingerprint density at radius 1 is 1.15 bits per heavy atom. The van der Waals surface area contributed by atoms with Gasteiger partial charge in [-0.05, 0) is 32.6 Å². The number of amidine groups is 1. The number of hydrogen-bond donors (Lipinski definition) is 1. The number of aliphatic imine (C=N–C) groups is 1. The summed E-state index contributed by atoms with van der Waals surface area (Å²) >= 11 is 0. The first-order valence-electron chi connectivity index (χ1n) is 8.45. The van der Waals surface area contributed by atoms with E-state index in [9.17, 15) is 5.11 Å². The Morgan fingerprint density at radius 2 is 1.90 bits per heavy atom. The summed E-state index contributed by atoms with van der Waals surface area (Å²) < 4.78 is 0.933. The molecule has 1 unspecified atom stereocenters. The van der Waals surface area contributed by atoms with E-state index in [1.54, 1.807) is 0 Å². The Balaban J connectivity index is 2.22. The predicted octanol–water partition coefficient (Wildman–Crippen LogP) is 3.53. The van der Waals surface area contributed by atoms with Gasteiger partial charge in [-0.2, -0.15) is 0 Å². The number of aliphatic hydroxyl groups excluding tert-OH is 1. The normalized spacial score (nSPS) is 22.6. The standard InChI is InChI=1S/C17H33N2O/c1-3-5-6-7-8-9-10-11-12-17-18-13-14-19(17,4-2)15-16-20/h7-8,20H,3-6,9-16H2,1-2H3/q+1/b8-7+. The van der Waals surface area contributed by atoms with Crippen LogP contribution >= 0.6 is 0 Å². The third-order valence-corrected chi connectivity index (χ3v) is 4.42. The first kappa shape index (κ1) is 17.4. The van der Waals surface area contributed by atoms with Crippen molar-refractivity contribution in [2.45, 2.75) is 58.8 Å². The molecule has 0 saturated heterocycles. The summed E-state index contributed by atoms with van der Waals surface area (Å²) in [7, 11) is 0. The Hall–Kier alpha value is -0.670. The van der Waals surface area contributed by atoms with Crippen molar-refractivity contribution in [2.75, 3.05) is 32.8 Å². The second-order valence-corrected chi connectivity index (χ2v) is 5.79. The second kappa shape index (κ2) is 10.1. The van der Waals surface area contributed by atoms with Crippen LogP contribution in [0.1, 0.15) is 58.8 Å². The lowest BCUT2D eigenvalue weighted by Gasteiger charge is -2.33. The van der Waals surface area contributed by atoms with E-state index in [1.807, 2.05) is 0 Å². The first-order valence-corrected chi connectivity index (χ1v) is 8.45. The van der Waals surface area contributed by atoms with E-state index >= 15 is 0 Å². The van der Waals surface area contributed by atoms with Crippen molar-refractivity contribution in [1.82, 2.24) is 0 Å². The van der Waals surface area contributed by atoms with Crippen LogP contribution in [0, 0.1) is 0 Å². The smallest absolute Gasteiger partial charge is 0.198 e. The van der Waals surface area contributed by atoms with Gasteiger partial charge in [-0.1, -0.05) is 31.9 Å². The van der Waals surface area contributed by atoms with Gasteiger partial charge in [0.2, 0.25) is 0 Å². The Labute approximate surface area is 125 Å². The number of allylic oxidation sites excluding steroid dienone is 2. The van der Waals surface area contributed by atoms with Crippen LogP contribution < -0.4 is 0 Å². The fraction of sp³-hybridized carbons (Fsp3) is 0.824. The summed E-state index contributed by atoms with van der Waals surface area (Å²) in [6.07, 6.45) is 13.3. The maximum atomic E-state index is 9.27. The van der Waals surface area contributed by atoms with Gasteiger partial charge in [-0.25, -0.2) is 4.99 Å². The molecule has 0 aliphatic carbocycles. The van der Waals surface area contributed by atoms with Crippen LogP contribution in [0.2, 0.25) is 0 Å². The van der Waals surface area contributed by atoms with E-state index in [2.05, 4.69) is 26.0 Å². The molecule has 0 aromatic heterocycles. The predicted molar refractivity (Wildman–Crippen MR) is 87.1 cm³/mol. The summed E-state index contributed by atoms with van der Waals surface area (Å²) in [6, 6.07) is 0. The van der Waals surface area contributed by atoms with Crippen molar-refractivity contribution in [3.05, 3.63) is 12.2 Å². The lowest BCUT2D eigenvalue weighted by Crippen LogP contribution is -2.52. The maximum Gasteiger partial charge on any atom is 0.198 e. The third-order valence-electron chi connectivity index (χ3n) is 4.42. The average molecular weight is 281 g/mol.